The molecule has 3 N–H and O–H groups in total. The summed E-state index contributed by atoms with van der Waals surface area (Å²) in [6.45, 7) is 0. The number of hydrogen-bond donors (Lipinski definition) is 3. The molecule has 0 spiro atoms. The van der Waals surface area contributed by atoms with Crippen molar-refractivity contribution in [2.45, 2.75) is 37.4 Å². The van der Waals surface area contributed by atoms with E-state index in [-0.39, 0.29) is 22.7 Å². The lowest BCUT2D eigenvalue weighted by atomic mass is 9.95. The molecular formula is C12H14ClN3O2. The van der Waals surface area contributed by atoms with E-state index >= 15 is 0 Å². The van der Waals surface area contributed by atoms with Crippen LogP contribution < -0.4 is 16.2 Å². The summed E-state index contributed by atoms with van der Waals surface area (Å²) < 4.78 is 0. The van der Waals surface area contributed by atoms with Gasteiger partial charge in [-0.2, -0.15) is 0 Å². The van der Waals surface area contributed by atoms with Crippen LogP contribution in [0.2, 0.25) is 5.02 Å². The average molecular weight is 268 g/mol. The average Bonchev–Trinajstić information content (AvgIpc) is 2.94. The number of hydrogen-bond acceptors (Lipinski definition) is 3. The van der Waals surface area contributed by atoms with Crippen LogP contribution in [0.5, 0.6) is 0 Å². The summed E-state index contributed by atoms with van der Waals surface area (Å²) in [6.07, 6.45) is 3.26. The van der Waals surface area contributed by atoms with Crippen molar-refractivity contribution in [1.82, 2.24) is 15.6 Å². The first-order valence-electron chi connectivity index (χ1n) is 6.09. The molecule has 0 aromatic carbocycles. The van der Waals surface area contributed by atoms with Gasteiger partial charge < -0.3 is 15.6 Å². The van der Waals surface area contributed by atoms with Gasteiger partial charge in [0.25, 0.3) is 11.5 Å². The molecule has 0 radical (unpaired) electrons. The monoisotopic (exact) mass is 267 g/mol. The van der Waals surface area contributed by atoms with Gasteiger partial charge in [-0.3, -0.25) is 9.59 Å². The molecule has 1 aromatic rings. The molecular weight excluding hydrogens is 254 g/mol. The molecule has 2 bridgehead atoms. The van der Waals surface area contributed by atoms with Crippen LogP contribution in [0.1, 0.15) is 29.8 Å². The topological polar surface area (TPSA) is 74.0 Å². The number of carbonyl (C=O) groups is 1. The molecule has 5 nitrogen and oxygen atoms in total. The highest BCUT2D eigenvalue weighted by Crippen LogP contribution is 2.28. The van der Waals surface area contributed by atoms with Crippen LogP contribution in [0, 0.1) is 0 Å². The van der Waals surface area contributed by atoms with Crippen molar-refractivity contribution in [2.75, 3.05) is 0 Å². The maximum absolute atomic E-state index is 12.0. The number of carbonyl (C=O) groups excluding carboxylic acids is 1. The molecule has 1 aromatic heterocycles. The maximum atomic E-state index is 12.0. The molecule has 3 atom stereocenters. The van der Waals surface area contributed by atoms with Crippen LogP contribution in [0.3, 0.4) is 0 Å². The number of aromatic nitrogens is 1. The third-order valence-electron chi connectivity index (χ3n) is 3.72. The lowest BCUT2D eigenvalue weighted by Gasteiger charge is -2.21. The third-order valence-corrected chi connectivity index (χ3v) is 4.02. The number of rotatable bonds is 2. The fourth-order valence-electron chi connectivity index (χ4n) is 2.82. The quantitative estimate of drug-likeness (QED) is 0.737. The predicted molar refractivity (Wildman–Crippen MR) is 67.9 cm³/mol. The van der Waals surface area contributed by atoms with Gasteiger partial charge in [0, 0.05) is 18.1 Å². The molecule has 2 saturated heterocycles. The number of halogens is 1. The van der Waals surface area contributed by atoms with Crippen molar-refractivity contribution in [3.8, 4) is 0 Å². The van der Waals surface area contributed by atoms with Gasteiger partial charge in [-0.15, -0.1) is 0 Å². The molecule has 18 heavy (non-hydrogen) atoms. The number of H-pyrrole nitrogens is 1. The van der Waals surface area contributed by atoms with E-state index in [9.17, 15) is 9.59 Å². The molecule has 1 amide bonds. The Bertz CT molecular complexity index is 542. The highest BCUT2D eigenvalue weighted by molar-refractivity contribution is 6.30. The van der Waals surface area contributed by atoms with Crippen LogP contribution in [0.15, 0.2) is 16.9 Å². The minimum atomic E-state index is -0.435. The van der Waals surface area contributed by atoms with Crippen LogP contribution in [0.25, 0.3) is 0 Å². The molecule has 96 valence electrons. The van der Waals surface area contributed by atoms with Crippen LogP contribution in [0.4, 0.5) is 0 Å². The van der Waals surface area contributed by atoms with Crippen molar-refractivity contribution in [3.05, 3.63) is 33.2 Å². The fraction of sp³-hybridized carbons (Fsp3) is 0.500. The molecule has 6 heteroatoms. The largest absolute Gasteiger partial charge is 0.346 e. The maximum Gasteiger partial charge on any atom is 0.268 e. The summed E-state index contributed by atoms with van der Waals surface area (Å²) in [5.41, 5.74) is -0.178. The highest BCUT2D eigenvalue weighted by Gasteiger charge is 2.39. The van der Waals surface area contributed by atoms with Gasteiger partial charge >= 0.3 is 0 Å². The van der Waals surface area contributed by atoms with Crippen molar-refractivity contribution in [2.24, 2.45) is 0 Å². The van der Waals surface area contributed by atoms with Gasteiger partial charge in [-0.25, -0.2) is 0 Å². The predicted octanol–water partition coefficient (Wildman–Crippen LogP) is 0.651. The molecule has 0 aliphatic carbocycles. The van der Waals surface area contributed by atoms with E-state index in [4.69, 9.17) is 11.6 Å². The highest BCUT2D eigenvalue weighted by atomic mass is 35.5. The number of nitrogens with one attached hydrogen (secondary N) is 3. The van der Waals surface area contributed by atoms with Crippen LogP contribution in [-0.2, 0) is 0 Å². The van der Waals surface area contributed by atoms with Crippen molar-refractivity contribution < 1.29 is 4.79 Å². The minimum absolute atomic E-state index is 0.0909. The van der Waals surface area contributed by atoms with E-state index < -0.39 is 5.56 Å². The molecule has 2 aliphatic heterocycles. The van der Waals surface area contributed by atoms with Gasteiger partial charge in [0.15, 0.2) is 0 Å². The van der Waals surface area contributed by atoms with Crippen LogP contribution in [-0.4, -0.2) is 29.0 Å². The van der Waals surface area contributed by atoms with Crippen molar-refractivity contribution in [3.63, 3.8) is 0 Å². The van der Waals surface area contributed by atoms with Gasteiger partial charge in [0.2, 0.25) is 0 Å². The number of pyridine rings is 1. The molecule has 0 saturated carbocycles. The Morgan fingerprint density at radius 3 is 2.83 bits per heavy atom. The Kier molecular flexibility index (Phi) is 2.87. The Morgan fingerprint density at radius 2 is 2.22 bits per heavy atom. The summed E-state index contributed by atoms with van der Waals surface area (Å²) in [6, 6.07) is 4.03. The zero-order valence-electron chi connectivity index (χ0n) is 9.70. The summed E-state index contributed by atoms with van der Waals surface area (Å²) in [4.78, 5) is 25.8. The Labute approximate surface area is 109 Å². The first-order valence-corrected chi connectivity index (χ1v) is 6.47. The van der Waals surface area contributed by atoms with E-state index in [1.807, 2.05) is 0 Å². The normalized spacial score (nSPS) is 29.5. The Hall–Kier alpha value is -1.33. The Morgan fingerprint density at radius 1 is 1.39 bits per heavy atom. The first kappa shape index (κ1) is 11.7. The van der Waals surface area contributed by atoms with E-state index in [0.717, 1.165) is 12.8 Å². The SMILES string of the molecule is O=C(N[C@@H]1C[C@H]2CC[C@@H]1N2)c1ccc(Cl)c(=O)[nH]1. The van der Waals surface area contributed by atoms with Gasteiger partial charge in [-0.1, -0.05) is 11.6 Å². The zero-order valence-corrected chi connectivity index (χ0v) is 10.5. The second-order valence-electron chi connectivity index (χ2n) is 4.91. The van der Waals surface area contributed by atoms with E-state index in [1.54, 1.807) is 0 Å². The van der Waals surface area contributed by atoms with Gasteiger partial charge in [0.1, 0.15) is 10.7 Å². The van der Waals surface area contributed by atoms with Gasteiger partial charge in [0.05, 0.1) is 0 Å². The number of amides is 1. The third kappa shape index (κ3) is 2.04. The second kappa shape index (κ2) is 4.40. The molecule has 3 heterocycles. The number of aromatic amines is 1. The Balaban J connectivity index is 1.71. The number of fused-ring (bicyclic) bond motifs is 2. The standard InChI is InChI=1S/C12H14ClN3O2/c13-7-2-4-9(15-11(7)17)12(18)16-10-5-6-1-3-8(10)14-6/h2,4,6,8,10,14H,1,3,5H2,(H,15,17)(H,16,18)/t6-,8+,10-/m1/s1. The van der Waals surface area contributed by atoms with Crippen molar-refractivity contribution >= 4 is 17.5 Å². The first-order chi connectivity index (χ1) is 8.63. The lowest BCUT2D eigenvalue weighted by molar-refractivity contribution is 0.0925. The van der Waals surface area contributed by atoms with E-state index in [1.165, 1.54) is 18.6 Å². The molecule has 2 aliphatic rings. The molecule has 0 unspecified atom stereocenters. The van der Waals surface area contributed by atoms with E-state index in [2.05, 4.69) is 15.6 Å². The molecule has 3 rings (SSSR count). The van der Waals surface area contributed by atoms with E-state index in [0.29, 0.717) is 12.1 Å². The second-order valence-corrected chi connectivity index (χ2v) is 5.32. The smallest absolute Gasteiger partial charge is 0.268 e. The molecule has 2 fully saturated rings. The summed E-state index contributed by atoms with van der Waals surface area (Å²) in [7, 11) is 0. The van der Waals surface area contributed by atoms with Gasteiger partial charge in [-0.05, 0) is 31.4 Å². The fourth-order valence-corrected chi connectivity index (χ4v) is 2.93. The minimum Gasteiger partial charge on any atom is -0.346 e. The van der Waals surface area contributed by atoms with Crippen molar-refractivity contribution in [1.29, 1.82) is 0 Å². The summed E-state index contributed by atoms with van der Waals surface area (Å²) in [5, 5.41) is 6.50. The lowest BCUT2D eigenvalue weighted by Crippen LogP contribution is -2.43. The van der Waals surface area contributed by atoms with Crippen LogP contribution >= 0.6 is 11.6 Å². The summed E-state index contributed by atoms with van der Waals surface area (Å²) >= 11 is 5.62. The zero-order chi connectivity index (χ0) is 12.7. The summed E-state index contributed by atoms with van der Waals surface area (Å²) in [5.74, 6) is -0.247.